The summed E-state index contributed by atoms with van der Waals surface area (Å²) in [6, 6.07) is 7.72. The minimum Gasteiger partial charge on any atom is -0.395 e. The second-order valence-electron chi connectivity index (χ2n) is 4.99. The molecule has 1 aromatic rings. The van der Waals surface area contributed by atoms with Crippen LogP contribution in [0.2, 0.25) is 0 Å². The lowest BCUT2D eigenvalue weighted by atomic mass is 9.78. The van der Waals surface area contributed by atoms with Gasteiger partial charge in [-0.25, -0.2) is 8.42 Å². The van der Waals surface area contributed by atoms with Crippen LogP contribution in [0.25, 0.3) is 0 Å². The molecule has 0 aliphatic rings. The molecule has 108 valence electrons. The predicted molar refractivity (Wildman–Crippen MR) is 77.9 cm³/mol. The number of aryl methyl sites for hydroxylation is 1. The van der Waals surface area contributed by atoms with E-state index in [0.717, 1.165) is 11.1 Å². The second-order valence-corrected chi connectivity index (χ2v) is 7.47. The van der Waals surface area contributed by atoms with Crippen LogP contribution in [0.4, 0.5) is 0 Å². The van der Waals surface area contributed by atoms with Gasteiger partial charge in [-0.1, -0.05) is 36.8 Å². The summed E-state index contributed by atoms with van der Waals surface area (Å²) in [5, 5.41) is 9.69. The summed E-state index contributed by atoms with van der Waals surface area (Å²) in [6.07, 6.45) is 0.346. The molecule has 0 bridgehead atoms. The minimum absolute atomic E-state index is 0.0507. The summed E-state index contributed by atoms with van der Waals surface area (Å²) in [6.45, 7) is 3.69. The molecule has 0 aliphatic carbocycles. The zero-order chi connectivity index (χ0) is 14.5. The Morgan fingerprint density at radius 1 is 1.26 bits per heavy atom. The van der Waals surface area contributed by atoms with Crippen molar-refractivity contribution in [1.29, 1.82) is 0 Å². The molecule has 1 rings (SSSR count). The fourth-order valence-electron chi connectivity index (χ4n) is 2.00. The Kier molecular flexibility index (Phi) is 5.52. The number of rotatable bonds is 7. The molecule has 0 saturated carbocycles. The molecule has 0 saturated heterocycles. The van der Waals surface area contributed by atoms with E-state index in [2.05, 4.69) is 0 Å². The van der Waals surface area contributed by atoms with Crippen molar-refractivity contribution in [3.63, 3.8) is 0 Å². The standard InChI is InChI=1S/C14H23NO3S/c1-3-19(17,18)9-8-14(10-15,11-16)13-6-4-12(2)5-7-13/h4-7,16H,3,8-11,15H2,1-2H3. The van der Waals surface area contributed by atoms with Gasteiger partial charge >= 0.3 is 0 Å². The van der Waals surface area contributed by atoms with E-state index in [4.69, 9.17) is 5.73 Å². The van der Waals surface area contributed by atoms with Crippen LogP contribution in [0.15, 0.2) is 24.3 Å². The zero-order valence-corrected chi connectivity index (χ0v) is 12.4. The van der Waals surface area contributed by atoms with Crippen molar-refractivity contribution >= 4 is 9.84 Å². The molecule has 1 aromatic carbocycles. The first-order valence-electron chi connectivity index (χ1n) is 6.47. The van der Waals surface area contributed by atoms with Gasteiger partial charge in [0.1, 0.15) is 9.84 Å². The molecule has 0 spiro atoms. The zero-order valence-electron chi connectivity index (χ0n) is 11.6. The third-order valence-corrected chi connectivity index (χ3v) is 5.39. The molecule has 1 atom stereocenters. The largest absolute Gasteiger partial charge is 0.395 e. The van der Waals surface area contributed by atoms with Gasteiger partial charge in [0.2, 0.25) is 0 Å². The van der Waals surface area contributed by atoms with Gasteiger partial charge < -0.3 is 10.8 Å². The molecule has 4 nitrogen and oxygen atoms in total. The average molecular weight is 285 g/mol. The first-order valence-corrected chi connectivity index (χ1v) is 8.30. The van der Waals surface area contributed by atoms with Crippen molar-refractivity contribution in [3.8, 4) is 0 Å². The van der Waals surface area contributed by atoms with Crippen LogP contribution >= 0.6 is 0 Å². The predicted octanol–water partition coefficient (Wildman–Crippen LogP) is 1.01. The Balaban J connectivity index is 3.00. The van der Waals surface area contributed by atoms with E-state index in [1.165, 1.54) is 0 Å². The number of hydrogen-bond acceptors (Lipinski definition) is 4. The maximum Gasteiger partial charge on any atom is 0.150 e. The van der Waals surface area contributed by atoms with Gasteiger partial charge in [0.25, 0.3) is 0 Å². The van der Waals surface area contributed by atoms with Crippen LogP contribution in [0.3, 0.4) is 0 Å². The van der Waals surface area contributed by atoms with Gasteiger partial charge in [-0.3, -0.25) is 0 Å². The average Bonchev–Trinajstić information content (AvgIpc) is 2.42. The number of sulfone groups is 1. The van der Waals surface area contributed by atoms with Crippen LogP contribution in [0, 0.1) is 6.92 Å². The van der Waals surface area contributed by atoms with Gasteiger partial charge in [0.05, 0.1) is 12.4 Å². The van der Waals surface area contributed by atoms with Gasteiger partial charge in [-0.2, -0.15) is 0 Å². The van der Waals surface area contributed by atoms with Crippen molar-refractivity contribution < 1.29 is 13.5 Å². The van der Waals surface area contributed by atoms with Crippen molar-refractivity contribution in [1.82, 2.24) is 0 Å². The third kappa shape index (κ3) is 4.03. The molecule has 0 radical (unpaired) electrons. The molecule has 0 heterocycles. The first-order chi connectivity index (χ1) is 8.89. The monoisotopic (exact) mass is 285 g/mol. The highest BCUT2D eigenvalue weighted by molar-refractivity contribution is 7.91. The van der Waals surface area contributed by atoms with E-state index in [1.807, 2.05) is 31.2 Å². The maximum atomic E-state index is 11.6. The van der Waals surface area contributed by atoms with Gasteiger partial charge in [-0.15, -0.1) is 0 Å². The van der Waals surface area contributed by atoms with Gasteiger partial charge in [0, 0.05) is 17.7 Å². The summed E-state index contributed by atoms with van der Waals surface area (Å²) in [5.41, 5.74) is 7.15. The Labute approximate surface area is 115 Å². The molecule has 1 unspecified atom stereocenters. The fourth-order valence-corrected chi connectivity index (χ4v) is 2.99. The topological polar surface area (TPSA) is 80.4 Å². The van der Waals surface area contributed by atoms with Crippen LogP contribution in [0.5, 0.6) is 0 Å². The Bertz CT molecular complexity index is 490. The molecular formula is C14H23NO3S. The Morgan fingerprint density at radius 2 is 1.84 bits per heavy atom. The quantitative estimate of drug-likeness (QED) is 0.783. The number of nitrogens with two attached hydrogens (primary N) is 1. The summed E-state index contributed by atoms with van der Waals surface area (Å²) in [5.74, 6) is 0.169. The molecular weight excluding hydrogens is 262 g/mol. The van der Waals surface area contributed by atoms with Crippen molar-refractivity contribution in [2.75, 3.05) is 24.7 Å². The van der Waals surface area contributed by atoms with E-state index in [1.54, 1.807) is 6.92 Å². The molecule has 0 amide bonds. The minimum atomic E-state index is -3.06. The highest BCUT2D eigenvalue weighted by atomic mass is 32.2. The van der Waals surface area contributed by atoms with Crippen molar-refractivity contribution in [2.45, 2.75) is 25.7 Å². The van der Waals surface area contributed by atoms with Gasteiger partial charge in [0.15, 0.2) is 0 Å². The Morgan fingerprint density at radius 3 is 2.26 bits per heavy atom. The van der Waals surface area contributed by atoms with E-state index < -0.39 is 15.3 Å². The maximum absolute atomic E-state index is 11.6. The Hall–Kier alpha value is -0.910. The fraction of sp³-hybridized carbons (Fsp3) is 0.571. The molecule has 0 aromatic heterocycles. The number of benzene rings is 1. The van der Waals surface area contributed by atoms with E-state index in [9.17, 15) is 13.5 Å². The lowest BCUT2D eigenvalue weighted by Gasteiger charge is -2.31. The van der Waals surface area contributed by atoms with Crippen LogP contribution in [-0.4, -0.2) is 38.2 Å². The SMILES string of the molecule is CCS(=O)(=O)CCC(CN)(CO)c1ccc(C)cc1. The number of hydrogen-bond donors (Lipinski definition) is 2. The van der Waals surface area contributed by atoms with Crippen molar-refractivity contribution in [2.24, 2.45) is 5.73 Å². The lowest BCUT2D eigenvalue weighted by molar-refractivity contribution is 0.193. The third-order valence-electron chi connectivity index (χ3n) is 3.69. The highest BCUT2D eigenvalue weighted by Gasteiger charge is 2.31. The van der Waals surface area contributed by atoms with E-state index in [0.29, 0.717) is 6.42 Å². The summed E-state index contributed by atoms with van der Waals surface area (Å²) < 4.78 is 23.3. The molecule has 0 aliphatic heterocycles. The smallest absolute Gasteiger partial charge is 0.150 e. The van der Waals surface area contributed by atoms with Crippen molar-refractivity contribution in [3.05, 3.63) is 35.4 Å². The molecule has 3 N–H and O–H groups in total. The molecule has 0 fully saturated rings. The lowest BCUT2D eigenvalue weighted by Crippen LogP contribution is -2.40. The number of aliphatic hydroxyl groups excluding tert-OH is 1. The van der Waals surface area contributed by atoms with Crippen LogP contribution < -0.4 is 5.73 Å². The van der Waals surface area contributed by atoms with Gasteiger partial charge in [-0.05, 0) is 18.9 Å². The van der Waals surface area contributed by atoms with Crippen LogP contribution in [-0.2, 0) is 15.3 Å². The van der Waals surface area contributed by atoms with E-state index in [-0.39, 0.29) is 24.7 Å². The second kappa shape index (κ2) is 6.50. The number of aliphatic hydroxyl groups is 1. The molecule has 5 heteroatoms. The summed E-state index contributed by atoms with van der Waals surface area (Å²) >= 11 is 0. The normalized spacial score (nSPS) is 15.2. The summed E-state index contributed by atoms with van der Waals surface area (Å²) in [7, 11) is -3.06. The van der Waals surface area contributed by atoms with E-state index >= 15 is 0 Å². The summed E-state index contributed by atoms with van der Waals surface area (Å²) in [4.78, 5) is 0. The van der Waals surface area contributed by atoms with Crippen LogP contribution in [0.1, 0.15) is 24.5 Å². The molecule has 19 heavy (non-hydrogen) atoms. The highest BCUT2D eigenvalue weighted by Crippen LogP contribution is 2.27. The first kappa shape index (κ1) is 16.1.